The van der Waals surface area contributed by atoms with Crippen LogP contribution in [0.4, 0.5) is 0 Å². The van der Waals surface area contributed by atoms with Crippen molar-refractivity contribution in [1.82, 2.24) is 0 Å². The van der Waals surface area contributed by atoms with E-state index in [1.165, 1.54) is 0 Å². The molecule has 0 aromatic heterocycles. The predicted octanol–water partition coefficient (Wildman–Crippen LogP) is 1.29. The first-order valence-electron chi connectivity index (χ1n) is 28.0. The number of esters is 2. The van der Waals surface area contributed by atoms with Gasteiger partial charge in [0.05, 0.1) is 37.4 Å². The second kappa shape index (κ2) is 22.5. The molecule has 4 saturated carbocycles. The van der Waals surface area contributed by atoms with E-state index in [-0.39, 0.29) is 23.7 Å². The number of aliphatic carboxylic acids is 1. The number of aliphatic hydroxyl groups is 10. The fourth-order valence-electron chi connectivity index (χ4n) is 16.2. The Morgan fingerprint density at radius 1 is 0.646 bits per heavy atom. The van der Waals surface area contributed by atoms with Crippen LogP contribution in [0.2, 0.25) is 0 Å². The molecular formula is C57H88O22. The first-order valence-corrected chi connectivity index (χ1v) is 28.0. The second-order valence-electron chi connectivity index (χ2n) is 26.0. The van der Waals surface area contributed by atoms with Crippen molar-refractivity contribution >= 4 is 17.9 Å². The normalized spacial score (nSPS) is 48.6. The van der Waals surface area contributed by atoms with E-state index in [0.717, 1.165) is 5.57 Å². The standard InChI is InChI=1S/C57H88O22/c1-12-25(3)47(70)78-44-45(79-48(71)26(4)13-2)57(24-60)28(20-52(44,5)6)27-14-15-32-54(9)18-17-34(53(7,8)31(54)16-19-55(32,10)56(27,11)21-33(57)61)74-51-43(77-50-39(66)37(64)35(62)29(22-58)72-50)41(40(67)42(76-51)46(68)69)75-49-38(65)36(63)30(23-59)73-49/h12-14,28-45,49-51,58-67H,15-24H2,1-11H3,(H,68,69)/t28-,29+,30-,31-,32+,33+,34-,35-,36-,37-,38+,39+,40-,41-,42-,43+,44-,45-,49-,50-,51+,54-,55+,56+,57-/m0/s1. The first kappa shape index (κ1) is 62.0. The molecule has 0 spiro atoms. The lowest BCUT2D eigenvalue weighted by Crippen LogP contribution is -2.72. The summed E-state index contributed by atoms with van der Waals surface area (Å²) in [6, 6.07) is 0. The van der Waals surface area contributed by atoms with Gasteiger partial charge in [-0.05, 0) is 112 Å². The van der Waals surface area contributed by atoms with Crippen molar-refractivity contribution in [3.8, 4) is 0 Å². The Balaban J connectivity index is 1.12. The average Bonchev–Trinajstić information content (AvgIpc) is 3.80. The maximum Gasteiger partial charge on any atom is 0.335 e. The van der Waals surface area contributed by atoms with Gasteiger partial charge in [-0.3, -0.25) is 0 Å². The summed E-state index contributed by atoms with van der Waals surface area (Å²) in [5.41, 5.74) is -2.71. The van der Waals surface area contributed by atoms with Gasteiger partial charge in [0.1, 0.15) is 67.1 Å². The summed E-state index contributed by atoms with van der Waals surface area (Å²) in [5.74, 6) is -3.40. The van der Waals surface area contributed by atoms with E-state index in [2.05, 4.69) is 40.7 Å². The van der Waals surface area contributed by atoms with Crippen LogP contribution in [0.25, 0.3) is 0 Å². The van der Waals surface area contributed by atoms with E-state index in [1.54, 1.807) is 39.8 Å². The fourth-order valence-corrected chi connectivity index (χ4v) is 16.2. The van der Waals surface area contributed by atoms with Gasteiger partial charge < -0.3 is 94.1 Å². The van der Waals surface area contributed by atoms with E-state index in [1.807, 2.05) is 13.8 Å². The molecule has 5 aliphatic carbocycles. The molecule has 3 heterocycles. The monoisotopic (exact) mass is 1120 g/mol. The highest BCUT2D eigenvalue weighted by atomic mass is 16.8. The van der Waals surface area contributed by atoms with Gasteiger partial charge in [-0.15, -0.1) is 0 Å². The van der Waals surface area contributed by atoms with Crippen molar-refractivity contribution in [2.24, 2.45) is 50.2 Å². The molecule has 8 aliphatic rings. The number of hydrogen-bond donors (Lipinski definition) is 11. The number of carbonyl (C=O) groups is 3. The van der Waals surface area contributed by atoms with Gasteiger partial charge in [0.2, 0.25) is 0 Å². The third-order valence-electron chi connectivity index (χ3n) is 21.3. The number of allylic oxidation sites excluding steroid dienone is 4. The Kier molecular flexibility index (Phi) is 17.7. The van der Waals surface area contributed by atoms with Crippen LogP contribution in [-0.4, -0.2) is 204 Å². The summed E-state index contributed by atoms with van der Waals surface area (Å²) >= 11 is 0. The number of hydrogen-bond acceptors (Lipinski definition) is 21. The van der Waals surface area contributed by atoms with Crippen molar-refractivity contribution in [2.45, 2.75) is 232 Å². The molecule has 79 heavy (non-hydrogen) atoms. The molecular weight excluding hydrogens is 1040 g/mol. The maximum atomic E-state index is 13.8. The summed E-state index contributed by atoms with van der Waals surface area (Å²) in [6.07, 6.45) is -20.2. The van der Waals surface area contributed by atoms with E-state index >= 15 is 0 Å². The number of carbonyl (C=O) groups excluding carboxylic acids is 2. The SMILES string of the molecule is CC=C(C)C(=O)O[C@H]1[C@H](OC(=O)C(C)=CC)[C@]2(CO)[C@H](O)C[C@]3(C)C(=CC[C@@H]4[C@@]5(C)CC[C@H](O[C@@H]6O[C@H](C(=O)O)[C@@H](O)[C@H](O[C@@H]7O[C@@H](CO)[C@H](O)[C@H]7O)[C@H]6O[C@@H]6O[C@H](CO)[C@H](O)[C@H](O)[C@H]6O)C(C)(C)[C@@H]5CC[C@]43C)[C@@H]2CC1(C)C. The number of aliphatic hydroxyl groups excluding tert-OH is 10. The number of carboxylic acid groups (broad SMARTS) is 1. The average molecular weight is 1130 g/mol. The maximum absolute atomic E-state index is 13.8. The number of ether oxygens (including phenoxy) is 8. The van der Waals surface area contributed by atoms with Gasteiger partial charge in [0.15, 0.2) is 31.1 Å². The number of fused-ring (bicyclic) bond motifs is 7. The molecule has 0 amide bonds. The Morgan fingerprint density at radius 3 is 1.73 bits per heavy atom. The van der Waals surface area contributed by atoms with E-state index in [4.69, 9.17) is 37.9 Å². The van der Waals surface area contributed by atoms with Crippen LogP contribution in [0.5, 0.6) is 0 Å². The van der Waals surface area contributed by atoms with Gasteiger partial charge in [-0.25, -0.2) is 14.4 Å². The predicted molar refractivity (Wildman–Crippen MR) is 275 cm³/mol. The second-order valence-corrected chi connectivity index (χ2v) is 26.0. The minimum Gasteiger partial charge on any atom is -0.479 e. The Labute approximate surface area is 461 Å². The molecule has 11 N–H and O–H groups in total. The molecule has 3 aliphatic heterocycles. The minimum absolute atomic E-state index is 0.0232. The summed E-state index contributed by atoms with van der Waals surface area (Å²) in [6.45, 7) is 19.4. The zero-order chi connectivity index (χ0) is 58.4. The largest absolute Gasteiger partial charge is 0.479 e. The molecule has 0 bridgehead atoms. The van der Waals surface area contributed by atoms with Gasteiger partial charge >= 0.3 is 17.9 Å². The molecule has 0 radical (unpaired) electrons. The van der Waals surface area contributed by atoms with E-state index < -0.39 is 181 Å². The van der Waals surface area contributed by atoms with Gasteiger partial charge in [0, 0.05) is 16.6 Å². The van der Waals surface area contributed by atoms with Crippen LogP contribution in [0.15, 0.2) is 34.9 Å². The lowest BCUT2D eigenvalue weighted by atomic mass is 9.33. The van der Waals surface area contributed by atoms with Gasteiger partial charge in [-0.2, -0.15) is 0 Å². The van der Waals surface area contributed by atoms with Crippen LogP contribution in [0.3, 0.4) is 0 Å². The summed E-state index contributed by atoms with van der Waals surface area (Å²) in [7, 11) is 0. The topological polar surface area (TPSA) is 348 Å². The van der Waals surface area contributed by atoms with Crippen LogP contribution in [0, 0.1) is 50.2 Å². The Hall–Kier alpha value is -3.01. The highest BCUT2D eigenvalue weighted by Crippen LogP contribution is 2.76. The third kappa shape index (κ3) is 9.99. The molecule has 8 rings (SSSR count). The van der Waals surface area contributed by atoms with E-state index in [0.29, 0.717) is 49.7 Å². The first-order chi connectivity index (χ1) is 36.9. The van der Waals surface area contributed by atoms with E-state index in [9.17, 15) is 70.6 Å². The third-order valence-corrected chi connectivity index (χ3v) is 21.3. The molecule has 0 unspecified atom stereocenters. The molecule has 3 saturated heterocycles. The van der Waals surface area contributed by atoms with Crippen LogP contribution >= 0.6 is 0 Å². The van der Waals surface area contributed by atoms with Gasteiger partial charge in [-0.1, -0.05) is 72.3 Å². The zero-order valence-electron chi connectivity index (χ0n) is 47.3. The van der Waals surface area contributed by atoms with Crippen molar-refractivity contribution < 1.29 is 108 Å². The highest BCUT2D eigenvalue weighted by Gasteiger charge is 2.74. The molecule has 22 nitrogen and oxygen atoms in total. The fraction of sp³-hybridized carbons (Fsp3) is 0.842. The molecule has 0 aromatic rings. The lowest BCUT2D eigenvalue weighted by molar-refractivity contribution is -0.386. The molecule has 0 aromatic carbocycles. The highest BCUT2D eigenvalue weighted by molar-refractivity contribution is 5.89. The summed E-state index contributed by atoms with van der Waals surface area (Å²) < 4.78 is 49.2. The lowest BCUT2D eigenvalue weighted by Gasteiger charge is -2.72. The molecule has 22 heteroatoms. The molecule has 25 atom stereocenters. The molecule has 7 fully saturated rings. The van der Waals surface area contributed by atoms with Crippen LogP contribution < -0.4 is 0 Å². The van der Waals surface area contributed by atoms with Crippen molar-refractivity contribution in [3.63, 3.8) is 0 Å². The van der Waals surface area contributed by atoms with Gasteiger partial charge in [0.25, 0.3) is 0 Å². The smallest absolute Gasteiger partial charge is 0.335 e. The van der Waals surface area contributed by atoms with Crippen LogP contribution in [-0.2, 0) is 52.3 Å². The summed E-state index contributed by atoms with van der Waals surface area (Å²) in [4.78, 5) is 40.3. The minimum atomic E-state index is -2.10. The zero-order valence-corrected chi connectivity index (χ0v) is 47.3. The quantitative estimate of drug-likeness (QED) is 0.0505. The van der Waals surface area contributed by atoms with Crippen LogP contribution in [0.1, 0.15) is 121 Å². The van der Waals surface area contributed by atoms with Crippen molar-refractivity contribution in [2.75, 3.05) is 19.8 Å². The van der Waals surface area contributed by atoms with Crippen molar-refractivity contribution in [3.05, 3.63) is 34.9 Å². The number of rotatable bonds is 14. The number of carboxylic acids is 1. The van der Waals surface area contributed by atoms with Crippen molar-refractivity contribution in [1.29, 1.82) is 0 Å². The Morgan fingerprint density at radius 2 is 1.19 bits per heavy atom. The molecule has 448 valence electrons. The Bertz CT molecular complexity index is 2350. The summed E-state index contributed by atoms with van der Waals surface area (Å²) in [5, 5.41) is 121.